The smallest absolute Gasteiger partial charge is 0.255 e. The Balaban J connectivity index is 1.13. The average Bonchev–Trinajstić information content (AvgIpc) is 3.24. The van der Waals surface area contributed by atoms with Crippen LogP contribution in [-0.4, -0.2) is 72.0 Å². The van der Waals surface area contributed by atoms with E-state index in [9.17, 15) is 14.4 Å². The van der Waals surface area contributed by atoms with Crippen LogP contribution in [0, 0.1) is 5.41 Å². The molecule has 8 nitrogen and oxygen atoms in total. The van der Waals surface area contributed by atoms with Gasteiger partial charge in [0.25, 0.3) is 5.91 Å². The quantitative estimate of drug-likeness (QED) is 0.727. The van der Waals surface area contributed by atoms with Crippen LogP contribution in [0.3, 0.4) is 0 Å². The lowest BCUT2D eigenvalue weighted by Gasteiger charge is -2.57. The fourth-order valence-electron chi connectivity index (χ4n) is 5.88. The Hall–Kier alpha value is -2.45. The topological polar surface area (TPSA) is 88.2 Å². The molecule has 3 saturated heterocycles. The van der Waals surface area contributed by atoms with Gasteiger partial charge in [-0.25, -0.2) is 0 Å². The van der Waals surface area contributed by atoms with Gasteiger partial charge in [0.1, 0.15) is 17.9 Å². The SMILES string of the molecule is O=C1CCC(N2Cc3cc(OC4CCCC4N4CC5(COC5)C4)ccc3C2=O)C(=O)N1. The minimum atomic E-state index is -0.588. The fourth-order valence-corrected chi connectivity index (χ4v) is 5.88. The van der Waals surface area contributed by atoms with Crippen molar-refractivity contribution in [1.29, 1.82) is 0 Å². The summed E-state index contributed by atoms with van der Waals surface area (Å²) in [6.07, 6.45) is 4.18. The monoisotopic (exact) mass is 425 g/mol. The van der Waals surface area contributed by atoms with Gasteiger partial charge >= 0.3 is 0 Å². The Morgan fingerprint density at radius 1 is 1.10 bits per heavy atom. The molecule has 3 atom stereocenters. The number of carbonyl (C=O) groups excluding carboxylic acids is 3. The second-order valence-corrected chi connectivity index (χ2v) is 9.77. The van der Waals surface area contributed by atoms with Gasteiger partial charge in [-0.3, -0.25) is 24.6 Å². The second kappa shape index (κ2) is 7.03. The van der Waals surface area contributed by atoms with Crippen molar-refractivity contribution in [2.24, 2.45) is 5.41 Å². The van der Waals surface area contributed by atoms with E-state index in [1.54, 1.807) is 4.90 Å². The van der Waals surface area contributed by atoms with Crippen LogP contribution in [0.4, 0.5) is 0 Å². The lowest BCUT2D eigenvalue weighted by atomic mass is 9.77. The third-order valence-corrected chi connectivity index (χ3v) is 7.56. The van der Waals surface area contributed by atoms with Crippen LogP contribution < -0.4 is 10.1 Å². The van der Waals surface area contributed by atoms with E-state index in [1.165, 1.54) is 6.42 Å². The highest BCUT2D eigenvalue weighted by Gasteiger charge is 2.52. The second-order valence-electron chi connectivity index (χ2n) is 9.77. The van der Waals surface area contributed by atoms with E-state index < -0.39 is 6.04 Å². The summed E-state index contributed by atoms with van der Waals surface area (Å²) in [6, 6.07) is 5.49. The highest BCUT2D eigenvalue weighted by atomic mass is 16.5. The van der Waals surface area contributed by atoms with Gasteiger partial charge < -0.3 is 14.4 Å². The predicted molar refractivity (Wildman–Crippen MR) is 109 cm³/mol. The van der Waals surface area contributed by atoms with Crippen molar-refractivity contribution in [2.45, 2.75) is 56.8 Å². The van der Waals surface area contributed by atoms with Gasteiger partial charge in [-0.1, -0.05) is 0 Å². The highest BCUT2D eigenvalue weighted by Crippen LogP contribution is 2.42. The molecule has 8 heteroatoms. The van der Waals surface area contributed by atoms with E-state index in [2.05, 4.69) is 10.2 Å². The third kappa shape index (κ3) is 3.15. The van der Waals surface area contributed by atoms with Crippen molar-refractivity contribution < 1.29 is 23.9 Å². The minimum Gasteiger partial charge on any atom is -0.489 e. The molecule has 0 bridgehead atoms. The molecule has 31 heavy (non-hydrogen) atoms. The molecule has 3 unspecified atom stereocenters. The maximum atomic E-state index is 12.9. The molecule has 1 aromatic rings. The molecule has 1 saturated carbocycles. The minimum absolute atomic E-state index is 0.150. The first-order valence-electron chi connectivity index (χ1n) is 11.3. The van der Waals surface area contributed by atoms with Gasteiger partial charge in [0.05, 0.1) is 13.2 Å². The zero-order chi connectivity index (χ0) is 21.2. The lowest BCUT2D eigenvalue weighted by Crippen LogP contribution is -2.69. The first kappa shape index (κ1) is 19.3. The maximum absolute atomic E-state index is 12.9. The molecule has 5 aliphatic rings. The number of benzene rings is 1. The molecule has 164 valence electrons. The molecule has 1 aromatic carbocycles. The van der Waals surface area contributed by atoms with E-state index in [1.807, 2.05) is 18.2 Å². The van der Waals surface area contributed by atoms with E-state index in [0.717, 1.165) is 50.5 Å². The molecule has 1 spiro atoms. The molecular weight excluding hydrogens is 398 g/mol. The van der Waals surface area contributed by atoms with E-state index in [4.69, 9.17) is 9.47 Å². The van der Waals surface area contributed by atoms with Crippen molar-refractivity contribution in [3.8, 4) is 5.75 Å². The molecule has 0 radical (unpaired) electrons. The molecule has 3 amide bonds. The maximum Gasteiger partial charge on any atom is 0.255 e. The summed E-state index contributed by atoms with van der Waals surface area (Å²) in [7, 11) is 0. The number of piperidine rings is 1. The van der Waals surface area contributed by atoms with Gasteiger partial charge in [-0.2, -0.15) is 0 Å². The average molecular weight is 425 g/mol. The normalized spacial score (nSPS) is 31.9. The van der Waals surface area contributed by atoms with Crippen LogP contribution in [0.25, 0.3) is 0 Å². The Bertz CT molecular complexity index is 951. The number of fused-ring (bicyclic) bond motifs is 1. The largest absolute Gasteiger partial charge is 0.489 e. The van der Waals surface area contributed by atoms with Crippen LogP contribution in [-0.2, 0) is 20.9 Å². The summed E-state index contributed by atoms with van der Waals surface area (Å²) < 4.78 is 11.8. The van der Waals surface area contributed by atoms with E-state index in [0.29, 0.717) is 30.0 Å². The van der Waals surface area contributed by atoms with Crippen molar-refractivity contribution >= 4 is 17.7 Å². The Kier molecular flexibility index (Phi) is 4.37. The number of ether oxygens (including phenoxy) is 2. The molecule has 1 N–H and O–H groups in total. The Morgan fingerprint density at radius 2 is 1.94 bits per heavy atom. The van der Waals surface area contributed by atoms with Gasteiger partial charge in [-0.15, -0.1) is 0 Å². The van der Waals surface area contributed by atoms with Crippen LogP contribution in [0.15, 0.2) is 18.2 Å². The highest BCUT2D eigenvalue weighted by molar-refractivity contribution is 6.05. The van der Waals surface area contributed by atoms with Crippen LogP contribution >= 0.6 is 0 Å². The van der Waals surface area contributed by atoms with Crippen molar-refractivity contribution in [3.05, 3.63) is 29.3 Å². The van der Waals surface area contributed by atoms with Crippen molar-refractivity contribution in [3.63, 3.8) is 0 Å². The Labute approximate surface area is 180 Å². The van der Waals surface area contributed by atoms with Gasteiger partial charge in [0.2, 0.25) is 11.8 Å². The first-order valence-corrected chi connectivity index (χ1v) is 11.3. The Morgan fingerprint density at radius 3 is 2.68 bits per heavy atom. The summed E-state index contributed by atoms with van der Waals surface area (Å²) in [5.41, 5.74) is 1.91. The number of hydrogen-bond acceptors (Lipinski definition) is 6. The predicted octanol–water partition coefficient (Wildman–Crippen LogP) is 1.08. The summed E-state index contributed by atoms with van der Waals surface area (Å²) in [6.45, 7) is 4.38. The molecule has 0 aromatic heterocycles. The van der Waals surface area contributed by atoms with Crippen molar-refractivity contribution in [1.82, 2.24) is 15.1 Å². The molecule has 4 aliphatic heterocycles. The summed E-state index contributed by atoms with van der Waals surface area (Å²) in [4.78, 5) is 40.7. The van der Waals surface area contributed by atoms with Crippen LogP contribution in [0.2, 0.25) is 0 Å². The third-order valence-electron chi connectivity index (χ3n) is 7.56. The van der Waals surface area contributed by atoms with Crippen LogP contribution in [0.5, 0.6) is 5.75 Å². The fraction of sp³-hybridized carbons (Fsp3) is 0.609. The zero-order valence-corrected chi connectivity index (χ0v) is 17.5. The lowest BCUT2D eigenvalue weighted by molar-refractivity contribution is -0.202. The molecular formula is C23H27N3O5. The molecule has 4 heterocycles. The number of nitrogens with zero attached hydrogens (tertiary/aromatic N) is 2. The van der Waals surface area contributed by atoms with E-state index in [-0.39, 0.29) is 30.2 Å². The van der Waals surface area contributed by atoms with Crippen LogP contribution in [0.1, 0.15) is 48.0 Å². The standard InChI is InChI=1S/C23H27N3O5/c27-20-7-6-18(21(28)24-20)26-9-14-8-15(4-5-16(14)22(26)29)31-19-3-1-2-17(19)25-10-23(11-25)12-30-13-23/h4-5,8,17-19H,1-3,6-7,9-13H2,(H,24,27,28). The molecule has 1 aliphatic carbocycles. The summed E-state index contributed by atoms with van der Waals surface area (Å²) >= 11 is 0. The molecule has 6 rings (SSSR count). The number of carbonyl (C=O) groups is 3. The number of imide groups is 1. The number of amides is 3. The van der Waals surface area contributed by atoms with Gasteiger partial charge in [-0.05, 0) is 49.4 Å². The zero-order valence-electron chi connectivity index (χ0n) is 17.5. The number of rotatable bonds is 4. The first-order chi connectivity index (χ1) is 15.0. The van der Waals surface area contributed by atoms with Gasteiger partial charge in [0.15, 0.2) is 0 Å². The molecule has 4 fully saturated rings. The summed E-state index contributed by atoms with van der Waals surface area (Å²) in [5, 5.41) is 2.34. The number of nitrogens with one attached hydrogen (secondary N) is 1. The number of likely N-dealkylation sites (tertiary alicyclic amines) is 1. The van der Waals surface area contributed by atoms with E-state index >= 15 is 0 Å². The summed E-state index contributed by atoms with van der Waals surface area (Å²) in [5.74, 6) is -0.0174. The van der Waals surface area contributed by atoms with Crippen molar-refractivity contribution in [2.75, 3.05) is 26.3 Å². The van der Waals surface area contributed by atoms with Gasteiger partial charge in [0, 0.05) is 43.1 Å². The number of hydrogen-bond donors (Lipinski definition) is 1.